The number of hydrogen-bond donors (Lipinski definition) is 2. The maximum Gasteiger partial charge on any atom is 0.140 e. The van der Waals surface area contributed by atoms with Crippen LogP contribution in [0.25, 0.3) is 0 Å². The summed E-state index contributed by atoms with van der Waals surface area (Å²) in [5.74, 6) is 0. The van der Waals surface area contributed by atoms with Crippen molar-refractivity contribution in [2.24, 2.45) is 0 Å². The second-order valence-electron chi connectivity index (χ2n) is 2.07. The summed E-state index contributed by atoms with van der Waals surface area (Å²) >= 11 is 0. The predicted molar refractivity (Wildman–Crippen MR) is 53.4 cm³/mol. The van der Waals surface area contributed by atoms with E-state index in [0.29, 0.717) is 0 Å². The summed E-state index contributed by atoms with van der Waals surface area (Å²) in [7, 11) is 0. The fourth-order valence-corrected chi connectivity index (χ4v) is 0.642. The van der Waals surface area contributed by atoms with E-state index in [2.05, 4.69) is 0 Å². The molecule has 0 aliphatic rings. The van der Waals surface area contributed by atoms with Crippen molar-refractivity contribution in [2.45, 2.75) is 0 Å². The summed E-state index contributed by atoms with van der Waals surface area (Å²) in [4.78, 5) is 0. The van der Waals surface area contributed by atoms with Crippen molar-refractivity contribution >= 4 is 0 Å². The zero-order valence-electron chi connectivity index (χ0n) is 7.73. The molecule has 0 saturated heterocycles. The molecule has 0 heterocycles. The molecule has 14 heavy (non-hydrogen) atoms. The maximum absolute atomic E-state index is 7.12. The van der Waals surface area contributed by atoms with Gasteiger partial charge in [0.15, 0.2) is 0 Å². The van der Waals surface area contributed by atoms with Crippen molar-refractivity contribution in [1.29, 1.82) is 0 Å². The summed E-state index contributed by atoms with van der Waals surface area (Å²) in [6.07, 6.45) is 0. The van der Waals surface area contributed by atoms with E-state index in [-0.39, 0.29) is 17.1 Å². The van der Waals surface area contributed by atoms with Crippen LogP contribution in [0.4, 0.5) is 0 Å². The molecule has 2 N–H and O–H groups in total. The third-order valence-electron chi connectivity index (χ3n) is 1.11. The monoisotopic (exact) mass is 234 g/mol. The molecule has 0 amide bonds. The molecular formula is C11H14FeO2-6. The first-order valence-corrected chi connectivity index (χ1v) is 3.97. The third-order valence-corrected chi connectivity index (χ3v) is 1.11. The first-order chi connectivity index (χ1) is 6.41. The van der Waals surface area contributed by atoms with E-state index in [1.165, 1.54) is 0 Å². The molecule has 2 aromatic rings. The van der Waals surface area contributed by atoms with Crippen molar-refractivity contribution in [3.05, 3.63) is 60.7 Å². The van der Waals surface area contributed by atoms with Gasteiger partial charge in [0.05, 0.1) is 0 Å². The van der Waals surface area contributed by atoms with Gasteiger partial charge in [-0.2, -0.15) is 18.2 Å². The molecule has 0 unspecified atom stereocenters. The average molecular weight is 234 g/mol. The van der Waals surface area contributed by atoms with Crippen LogP contribution < -0.4 is 0 Å². The third kappa shape index (κ3) is 13.7. The van der Waals surface area contributed by atoms with Gasteiger partial charge in [0.2, 0.25) is 0 Å². The van der Waals surface area contributed by atoms with E-state index in [9.17, 15) is 0 Å². The molecule has 0 atom stereocenters. The molecule has 3 heteroatoms. The van der Waals surface area contributed by atoms with Crippen molar-refractivity contribution in [3.63, 3.8) is 0 Å². The van der Waals surface area contributed by atoms with Gasteiger partial charge in [-0.15, -0.1) is 0 Å². The fourth-order valence-electron chi connectivity index (χ4n) is 0.642. The second-order valence-corrected chi connectivity index (χ2v) is 2.07. The molecule has 0 radical (unpaired) electrons. The molecule has 0 aliphatic heterocycles. The van der Waals surface area contributed by atoms with Gasteiger partial charge < -0.3 is 40.5 Å². The Bertz CT molecular complexity index is 165. The number of aliphatic hydroxyl groups excluding tert-OH is 1. The Balaban J connectivity index is 0. The minimum absolute atomic E-state index is 0. The number of rotatable bonds is 0. The smallest absolute Gasteiger partial charge is 0.140 e. The molecule has 0 bridgehead atoms. The number of hydrogen-bond acceptors (Lipinski definition) is 2. The van der Waals surface area contributed by atoms with Crippen molar-refractivity contribution < 1.29 is 27.3 Å². The summed E-state index contributed by atoms with van der Waals surface area (Å²) in [6, 6.07) is 20.0. The summed E-state index contributed by atoms with van der Waals surface area (Å²) in [5, 5.41) is 14.2. The molecular weight excluding hydrogens is 220 g/mol. The number of aliphatic hydroxyl groups is 2. The average Bonchev–Trinajstić information content (AvgIpc) is 2.85. The Morgan fingerprint density at radius 2 is 1.07 bits per heavy atom. The molecule has 0 fully saturated rings. The second kappa shape index (κ2) is 14.7. The molecule has 0 spiro atoms. The van der Waals surface area contributed by atoms with Crippen LogP contribution in [-0.2, 0) is 17.1 Å². The maximum atomic E-state index is 7.12. The van der Waals surface area contributed by atoms with Gasteiger partial charge in [0, 0.05) is 17.1 Å². The topological polar surface area (TPSA) is 40.5 Å². The van der Waals surface area contributed by atoms with Gasteiger partial charge >= 0.3 is 0 Å². The van der Waals surface area contributed by atoms with Crippen LogP contribution >= 0.6 is 0 Å². The van der Waals surface area contributed by atoms with Gasteiger partial charge in [0.25, 0.3) is 0 Å². The quantitative estimate of drug-likeness (QED) is 0.414. The van der Waals surface area contributed by atoms with Crippen molar-refractivity contribution in [2.75, 3.05) is 6.79 Å². The van der Waals surface area contributed by atoms with E-state index < -0.39 is 6.79 Å². The summed E-state index contributed by atoms with van der Waals surface area (Å²) in [5.41, 5.74) is 0. The first-order valence-electron chi connectivity index (χ1n) is 3.97. The SMILES string of the molecule is OCO.[Fe].[cH-]1[cH-][cH-][cH-][cH-]1.c1cc[cH-]c1. The van der Waals surface area contributed by atoms with Gasteiger partial charge in [-0.25, -0.2) is 12.1 Å². The predicted octanol–water partition coefficient (Wildman–Crippen LogP) is 1.74. The van der Waals surface area contributed by atoms with Crippen LogP contribution in [0.3, 0.4) is 0 Å². The Morgan fingerprint density at radius 1 is 0.786 bits per heavy atom. The van der Waals surface area contributed by atoms with Gasteiger partial charge in [0.1, 0.15) is 6.79 Å². The Kier molecular flexibility index (Phi) is 16.3. The van der Waals surface area contributed by atoms with Crippen LogP contribution in [0.15, 0.2) is 60.7 Å². The minimum Gasteiger partial charge on any atom is -0.748 e. The molecule has 0 saturated carbocycles. The molecule has 2 nitrogen and oxygen atoms in total. The van der Waals surface area contributed by atoms with Crippen LogP contribution in [0.2, 0.25) is 0 Å². The van der Waals surface area contributed by atoms with Crippen molar-refractivity contribution in [3.8, 4) is 0 Å². The molecule has 2 rings (SSSR count). The van der Waals surface area contributed by atoms with E-state index in [1.807, 2.05) is 60.7 Å². The first kappa shape index (κ1) is 15.6. The van der Waals surface area contributed by atoms with Crippen LogP contribution in [0.1, 0.15) is 0 Å². The van der Waals surface area contributed by atoms with Crippen molar-refractivity contribution in [1.82, 2.24) is 0 Å². The molecule has 0 aliphatic carbocycles. The Morgan fingerprint density at radius 3 is 1.21 bits per heavy atom. The van der Waals surface area contributed by atoms with Crippen LogP contribution in [0, 0.1) is 0 Å². The van der Waals surface area contributed by atoms with E-state index in [1.54, 1.807) is 0 Å². The van der Waals surface area contributed by atoms with Gasteiger partial charge in [-0.1, -0.05) is 0 Å². The zero-order valence-corrected chi connectivity index (χ0v) is 8.83. The normalized spacial score (nSPS) is 7.00. The summed E-state index contributed by atoms with van der Waals surface area (Å²) < 4.78 is 0. The summed E-state index contributed by atoms with van der Waals surface area (Å²) in [6.45, 7) is -0.750. The standard InChI is InChI=1S/2C5H5.CH4O2.Fe/c2*1-2-4-5-3-1;2-1-3;/h2*1-5H;2-3H,1H2;/q-5;-1;;. The molecule has 84 valence electrons. The molecule has 2 aromatic carbocycles. The van der Waals surface area contributed by atoms with E-state index >= 15 is 0 Å². The Labute approximate surface area is 95.0 Å². The molecule has 0 aromatic heterocycles. The Hall–Kier alpha value is -0.861. The largest absolute Gasteiger partial charge is 0.748 e. The van der Waals surface area contributed by atoms with Crippen LogP contribution in [-0.4, -0.2) is 17.0 Å². The van der Waals surface area contributed by atoms with Gasteiger partial charge in [-0.05, 0) is 0 Å². The fraction of sp³-hybridized carbons (Fsp3) is 0.0909. The zero-order chi connectivity index (χ0) is 9.78. The van der Waals surface area contributed by atoms with E-state index in [0.717, 1.165) is 0 Å². The minimum atomic E-state index is -0.750. The van der Waals surface area contributed by atoms with Crippen LogP contribution in [0.5, 0.6) is 0 Å². The van der Waals surface area contributed by atoms with Gasteiger partial charge in [-0.3, -0.25) is 0 Å². The van der Waals surface area contributed by atoms with E-state index in [4.69, 9.17) is 10.2 Å².